The molecule has 2 atom stereocenters. The number of ether oxygens (including phenoxy) is 2. The summed E-state index contributed by atoms with van der Waals surface area (Å²) >= 11 is 0. The van der Waals surface area contributed by atoms with Crippen molar-refractivity contribution in [2.45, 2.75) is 31.6 Å². The molecule has 0 radical (unpaired) electrons. The van der Waals surface area contributed by atoms with Crippen molar-refractivity contribution in [3.8, 4) is 11.5 Å². The van der Waals surface area contributed by atoms with Crippen LogP contribution in [0.1, 0.15) is 42.7 Å². The molecule has 0 N–H and O–H groups in total. The lowest BCUT2D eigenvalue weighted by Crippen LogP contribution is -2.21. The van der Waals surface area contributed by atoms with Gasteiger partial charge in [-0.05, 0) is 31.9 Å². The Labute approximate surface area is 102 Å². The molecule has 0 saturated carbocycles. The third kappa shape index (κ3) is 1.40. The van der Waals surface area contributed by atoms with E-state index in [0.717, 1.165) is 11.5 Å². The van der Waals surface area contributed by atoms with Gasteiger partial charge in [-0.3, -0.25) is 0 Å². The smallest absolute Gasteiger partial charge is 0.123 e. The summed E-state index contributed by atoms with van der Waals surface area (Å²) in [5.74, 6) is 3.07. The van der Waals surface area contributed by atoms with Crippen molar-refractivity contribution in [1.29, 1.82) is 0 Å². The van der Waals surface area contributed by atoms with Gasteiger partial charge in [0.15, 0.2) is 0 Å². The lowest BCUT2D eigenvalue weighted by molar-refractivity contribution is 0.376. The van der Waals surface area contributed by atoms with E-state index in [1.54, 1.807) is 14.2 Å². The second kappa shape index (κ2) is 3.80. The molecular formula is C15H18O2. The Morgan fingerprint density at radius 1 is 1.00 bits per heavy atom. The SMILES string of the molecule is COc1ccc(OC)c2c1[C@@H]1CC[C@@H]2C=C1C. The van der Waals surface area contributed by atoms with E-state index in [1.165, 1.54) is 29.5 Å². The number of allylic oxidation sites excluding steroid dienone is 2. The van der Waals surface area contributed by atoms with Crippen LogP contribution in [-0.4, -0.2) is 14.2 Å². The highest BCUT2D eigenvalue weighted by Gasteiger charge is 2.36. The maximum atomic E-state index is 5.53. The van der Waals surface area contributed by atoms with Crippen molar-refractivity contribution in [2.24, 2.45) is 0 Å². The fraction of sp³-hybridized carbons (Fsp3) is 0.467. The van der Waals surface area contributed by atoms with Crippen LogP contribution in [0.25, 0.3) is 0 Å². The molecule has 0 amide bonds. The van der Waals surface area contributed by atoms with Crippen molar-refractivity contribution in [3.05, 3.63) is 34.9 Å². The summed E-state index contributed by atoms with van der Waals surface area (Å²) in [6, 6.07) is 4.06. The first-order chi connectivity index (χ1) is 8.26. The Morgan fingerprint density at radius 3 is 2.24 bits per heavy atom. The lowest BCUT2D eigenvalue weighted by atomic mass is 9.67. The van der Waals surface area contributed by atoms with E-state index >= 15 is 0 Å². The molecule has 2 nitrogen and oxygen atoms in total. The quantitative estimate of drug-likeness (QED) is 0.722. The second-order valence-electron chi connectivity index (χ2n) is 4.94. The van der Waals surface area contributed by atoms with Gasteiger partial charge in [-0.25, -0.2) is 0 Å². The molecule has 90 valence electrons. The minimum Gasteiger partial charge on any atom is -0.496 e. The van der Waals surface area contributed by atoms with Gasteiger partial charge in [-0.2, -0.15) is 0 Å². The van der Waals surface area contributed by atoms with Crippen LogP contribution >= 0.6 is 0 Å². The highest BCUT2D eigenvalue weighted by atomic mass is 16.5. The third-order valence-corrected chi connectivity index (χ3v) is 4.15. The van der Waals surface area contributed by atoms with Gasteiger partial charge >= 0.3 is 0 Å². The Morgan fingerprint density at radius 2 is 1.65 bits per heavy atom. The van der Waals surface area contributed by atoms with Gasteiger partial charge in [0.2, 0.25) is 0 Å². The average molecular weight is 230 g/mol. The molecule has 0 heterocycles. The van der Waals surface area contributed by atoms with Crippen molar-refractivity contribution in [1.82, 2.24) is 0 Å². The minimum absolute atomic E-state index is 0.514. The van der Waals surface area contributed by atoms with Crippen LogP contribution in [0.5, 0.6) is 11.5 Å². The summed E-state index contributed by atoms with van der Waals surface area (Å²) in [4.78, 5) is 0. The molecule has 0 fully saturated rings. The predicted molar refractivity (Wildman–Crippen MR) is 68.0 cm³/mol. The molecule has 17 heavy (non-hydrogen) atoms. The van der Waals surface area contributed by atoms with Crippen molar-refractivity contribution in [2.75, 3.05) is 14.2 Å². The molecular weight excluding hydrogens is 212 g/mol. The van der Waals surface area contributed by atoms with E-state index in [2.05, 4.69) is 13.0 Å². The molecule has 1 aromatic carbocycles. The van der Waals surface area contributed by atoms with Crippen LogP contribution in [0, 0.1) is 0 Å². The van der Waals surface area contributed by atoms with Crippen LogP contribution in [0.15, 0.2) is 23.8 Å². The van der Waals surface area contributed by atoms with E-state index in [-0.39, 0.29) is 0 Å². The number of methoxy groups -OCH3 is 2. The van der Waals surface area contributed by atoms with E-state index < -0.39 is 0 Å². The van der Waals surface area contributed by atoms with Gasteiger partial charge in [0.1, 0.15) is 11.5 Å². The van der Waals surface area contributed by atoms with Gasteiger partial charge in [0.05, 0.1) is 14.2 Å². The van der Waals surface area contributed by atoms with Crippen molar-refractivity contribution < 1.29 is 9.47 Å². The van der Waals surface area contributed by atoms with Gasteiger partial charge < -0.3 is 9.47 Å². The van der Waals surface area contributed by atoms with E-state index in [4.69, 9.17) is 9.47 Å². The molecule has 0 saturated heterocycles. The van der Waals surface area contributed by atoms with Crippen LogP contribution in [0.4, 0.5) is 0 Å². The maximum absolute atomic E-state index is 5.53. The molecule has 0 unspecified atom stereocenters. The van der Waals surface area contributed by atoms with Gasteiger partial charge in [0.25, 0.3) is 0 Å². The van der Waals surface area contributed by atoms with E-state index in [0.29, 0.717) is 11.8 Å². The third-order valence-electron chi connectivity index (χ3n) is 4.15. The number of fused-ring (bicyclic) bond motifs is 1. The topological polar surface area (TPSA) is 18.5 Å². The largest absolute Gasteiger partial charge is 0.496 e. The summed E-state index contributed by atoms with van der Waals surface area (Å²) in [5, 5.41) is 0. The van der Waals surface area contributed by atoms with Gasteiger partial charge in [-0.15, -0.1) is 0 Å². The summed E-state index contributed by atoms with van der Waals surface area (Å²) in [5.41, 5.74) is 4.21. The molecule has 3 aliphatic carbocycles. The minimum atomic E-state index is 0.514. The molecule has 0 aliphatic heterocycles. The lowest BCUT2D eigenvalue weighted by Gasteiger charge is -2.38. The average Bonchev–Trinajstić information content (AvgIpc) is 2.37. The highest BCUT2D eigenvalue weighted by molar-refractivity contribution is 5.59. The van der Waals surface area contributed by atoms with Crippen LogP contribution < -0.4 is 9.47 Å². The molecule has 1 aromatic rings. The molecule has 0 spiro atoms. The Bertz CT molecular complexity index is 488. The standard InChI is InChI=1S/C15H18O2/c1-9-8-10-4-5-11(9)15-13(17-3)7-6-12(16-2)14(10)15/h6-8,10-11H,4-5H2,1-3H3/t10-,11-/m1/s1. The maximum Gasteiger partial charge on any atom is 0.123 e. The molecule has 2 bridgehead atoms. The number of benzene rings is 1. The second-order valence-corrected chi connectivity index (χ2v) is 4.94. The number of hydrogen-bond acceptors (Lipinski definition) is 2. The zero-order valence-electron chi connectivity index (χ0n) is 10.6. The Hall–Kier alpha value is -1.44. The Balaban J connectivity index is 2.25. The number of hydrogen-bond donors (Lipinski definition) is 0. The Kier molecular flexibility index (Phi) is 2.39. The fourth-order valence-electron chi connectivity index (χ4n) is 3.38. The summed E-state index contributed by atoms with van der Waals surface area (Å²) in [7, 11) is 3.50. The molecule has 0 aromatic heterocycles. The molecule has 3 aliphatic rings. The predicted octanol–water partition coefficient (Wildman–Crippen LogP) is 3.62. The first-order valence-electron chi connectivity index (χ1n) is 6.19. The van der Waals surface area contributed by atoms with Crippen LogP contribution in [0.2, 0.25) is 0 Å². The monoisotopic (exact) mass is 230 g/mol. The zero-order chi connectivity index (χ0) is 12.0. The van der Waals surface area contributed by atoms with Crippen molar-refractivity contribution in [3.63, 3.8) is 0 Å². The zero-order valence-corrected chi connectivity index (χ0v) is 10.6. The van der Waals surface area contributed by atoms with Crippen LogP contribution in [-0.2, 0) is 0 Å². The summed E-state index contributed by atoms with van der Waals surface area (Å²) in [6.07, 6.45) is 4.88. The molecule has 2 heteroatoms. The molecule has 4 rings (SSSR count). The summed E-state index contributed by atoms with van der Waals surface area (Å²) in [6.45, 7) is 2.23. The van der Waals surface area contributed by atoms with Crippen molar-refractivity contribution >= 4 is 0 Å². The summed E-state index contributed by atoms with van der Waals surface area (Å²) < 4.78 is 11.0. The fourth-order valence-corrected chi connectivity index (χ4v) is 3.38. The number of rotatable bonds is 2. The first kappa shape index (κ1) is 10.7. The van der Waals surface area contributed by atoms with E-state index in [1.807, 2.05) is 12.1 Å². The van der Waals surface area contributed by atoms with Gasteiger partial charge in [0, 0.05) is 23.0 Å². The highest BCUT2D eigenvalue weighted by Crippen LogP contribution is 2.54. The van der Waals surface area contributed by atoms with Gasteiger partial charge in [-0.1, -0.05) is 11.6 Å². The normalized spacial score (nSPS) is 25.2. The van der Waals surface area contributed by atoms with Crippen LogP contribution in [0.3, 0.4) is 0 Å². The first-order valence-corrected chi connectivity index (χ1v) is 6.19. The van der Waals surface area contributed by atoms with E-state index in [9.17, 15) is 0 Å².